The van der Waals surface area contributed by atoms with Crippen molar-refractivity contribution in [1.29, 1.82) is 0 Å². The summed E-state index contributed by atoms with van der Waals surface area (Å²) in [7, 11) is 0. The highest BCUT2D eigenvalue weighted by Crippen LogP contribution is 2.19. The third-order valence-corrected chi connectivity index (χ3v) is 7.37. The van der Waals surface area contributed by atoms with Crippen molar-refractivity contribution in [2.75, 3.05) is 11.5 Å². The van der Waals surface area contributed by atoms with Gasteiger partial charge in [-0.25, -0.2) is 0 Å². The number of para-hydroxylation sites is 2. The second kappa shape index (κ2) is 14.2. The summed E-state index contributed by atoms with van der Waals surface area (Å²) < 4.78 is 4.52. The van der Waals surface area contributed by atoms with E-state index in [1.165, 1.54) is 22.3 Å². The Bertz CT molecular complexity index is 1610. The Morgan fingerprint density at radius 2 is 0.780 bits per heavy atom. The van der Waals surface area contributed by atoms with Crippen molar-refractivity contribution in [3.8, 4) is 0 Å². The van der Waals surface area contributed by atoms with Crippen LogP contribution in [0.3, 0.4) is 0 Å². The highest BCUT2D eigenvalue weighted by atomic mass is 79.9. The lowest BCUT2D eigenvalue weighted by atomic mass is 10.0. The second-order valence-corrected chi connectivity index (χ2v) is 9.97. The van der Waals surface area contributed by atoms with E-state index in [0.717, 1.165) is 59.1 Å². The van der Waals surface area contributed by atoms with Crippen LogP contribution >= 0.6 is 0 Å². The molecule has 7 heteroatoms. The van der Waals surface area contributed by atoms with Crippen LogP contribution in [0.25, 0.3) is 21.8 Å². The van der Waals surface area contributed by atoms with E-state index in [1.54, 1.807) is 0 Å². The number of hydrogen-bond donors (Lipinski definition) is 2. The first-order valence-electron chi connectivity index (χ1n) is 13.1. The van der Waals surface area contributed by atoms with Gasteiger partial charge >= 0.3 is 0 Å². The van der Waals surface area contributed by atoms with Crippen molar-refractivity contribution in [2.45, 2.75) is 25.9 Å². The summed E-state index contributed by atoms with van der Waals surface area (Å²) in [5, 5.41) is 2.19. The second-order valence-electron chi connectivity index (χ2n) is 9.97. The lowest BCUT2D eigenvalue weighted by Gasteiger charge is -2.07. The quantitative estimate of drug-likeness (QED) is 0.209. The number of pyridine rings is 2. The number of halogens is 2. The van der Waals surface area contributed by atoms with Crippen LogP contribution in [0.4, 0.5) is 11.4 Å². The zero-order valence-corrected chi connectivity index (χ0v) is 25.9. The normalized spacial score (nSPS) is 10.4. The summed E-state index contributed by atoms with van der Waals surface area (Å²) in [4.78, 5) is 0. The van der Waals surface area contributed by atoms with E-state index in [4.69, 9.17) is 11.5 Å². The van der Waals surface area contributed by atoms with Crippen molar-refractivity contribution in [1.82, 2.24) is 0 Å². The van der Waals surface area contributed by atoms with Gasteiger partial charge in [0.25, 0.3) is 0 Å². The molecule has 0 radical (unpaired) electrons. The lowest BCUT2D eigenvalue weighted by molar-refractivity contribution is -0.662. The summed E-state index contributed by atoms with van der Waals surface area (Å²) >= 11 is 0. The Morgan fingerprint density at radius 1 is 0.439 bits per heavy atom. The van der Waals surface area contributed by atoms with Crippen molar-refractivity contribution in [3.63, 3.8) is 0 Å². The minimum Gasteiger partial charge on any atom is -1.00 e. The van der Waals surface area contributed by atoms with E-state index >= 15 is 0 Å². The summed E-state index contributed by atoms with van der Waals surface area (Å²) in [6.07, 6.45) is 6.19. The number of anilines is 2. The maximum absolute atomic E-state index is 6.17. The molecule has 0 unspecified atom stereocenters. The van der Waals surface area contributed by atoms with Gasteiger partial charge in [0, 0.05) is 35.4 Å². The van der Waals surface area contributed by atoms with Crippen molar-refractivity contribution in [3.05, 3.63) is 144 Å². The molecule has 210 valence electrons. The van der Waals surface area contributed by atoms with E-state index < -0.39 is 0 Å². The minimum atomic E-state index is 0. The van der Waals surface area contributed by atoms with E-state index in [-0.39, 0.29) is 39.4 Å². The topological polar surface area (TPSA) is 91.3 Å². The van der Waals surface area contributed by atoms with Crippen LogP contribution in [0.5, 0.6) is 0 Å². The standard InChI is InChI=1S/C34H30N4.2BrH.H2O/c35-31-19-21-37(33-7-3-1-5-29(31)33)23-27-15-11-25(12-16-27)9-10-26-13-17-28(18-14-26)24-38-22-20-32(36)30-6-2-4-8-34(30)38;;;/h1-8,11-22,35-36H,9-10,23-24H2;2*1H;1H2. The SMILES string of the molecule is Nc1cc[n+](Cc2ccc(CCc3ccc(C[n+]4ccc(N)c5ccccc54)cc3)cc2)c2ccccc12.O.[Br-].[Br-]. The van der Waals surface area contributed by atoms with E-state index in [2.05, 4.69) is 106 Å². The number of hydrogen-bond acceptors (Lipinski definition) is 2. The molecule has 4 aromatic carbocycles. The van der Waals surface area contributed by atoms with Crippen LogP contribution in [-0.2, 0) is 25.9 Å². The fourth-order valence-corrected chi connectivity index (χ4v) is 5.20. The molecule has 0 aliphatic heterocycles. The summed E-state index contributed by atoms with van der Waals surface area (Å²) in [5.74, 6) is 0. The fourth-order valence-electron chi connectivity index (χ4n) is 5.20. The Labute approximate surface area is 261 Å². The van der Waals surface area contributed by atoms with Gasteiger partial charge in [0.1, 0.15) is 0 Å². The zero-order chi connectivity index (χ0) is 25.9. The molecule has 0 saturated carbocycles. The first-order chi connectivity index (χ1) is 18.6. The molecule has 0 fully saturated rings. The predicted molar refractivity (Wildman–Crippen MR) is 159 cm³/mol. The molecule has 2 heterocycles. The number of fused-ring (bicyclic) bond motifs is 2. The highest BCUT2D eigenvalue weighted by molar-refractivity contribution is 5.88. The molecule has 6 N–H and O–H groups in total. The molecule has 0 amide bonds. The molecular weight excluding hydrogens is 640 g/mol. The Hall–Kier alpha value is -3.78. The number of nitrogen functional groups attached to an aromatic ring is 2. The fraction of sp³-hybridized carbons (Fsp3) is 0.118. The third kappa shape index (κ3) is 7.11. The molecule has 0 saturated heterocycles. The molecule has 0 atom stereocenters. The predicted octanol–water partition coefficient (Wildman–Crippen LogP) is -1.20. The number of aryl methyl sites for hydroxylation is 2. The minimum absolute atomic E-state index is 0. The van der Waals surface area contributed by atoms with E-state index in [9.17, 15) is 0 Å². The largest absolute Gasteiger partial charge is 1.00 e. The first-order valence-corrected chi connectivity index (χ1v) is 13.1. The molecule has 6 aromatic rings. The van der Waals surface area contributed by atoms with Gasteiger partial charge in [0.05, 0.1) is 22.1 Å². The van der Waals surface area contributed by atoms with Crippen molar-refractivity contribution >= 4 is 33.2 Å². The van der Waals surface area contributed by atoms with Gasteiger partial charge in [0.15, 0.2) is 25.5 Å². The first kappa shape index (κ1) is 31.7. The van der Waals surface area contributed by atoms with Crippen LogP contribution in [-0.4, -0.2) is 5.48 Å². The van der Waals surface area contributed by atoms with Crippen molar-refractivity contribution in [2.24, 2.45) is 0 Å². The molecule has 6 rings (SSSR count). The molecule has 0 aliphatic carbocycles. The zero-order valence-electron chi connectivity index (χ0n) is 22.7. The lowest BCUT2D eigenvalue weighted by Crippen LogP contribution is -3.00. The number of rotatable bonds is 7. The number of benzene rings is 4. The molecule has 41 heavy (non-hydrogen) atoms. The van der Waals surface area contributed by atoms with Crippen LogP contribution in [0.1, 0.15) is 22.3 Å². The van der Waals surface area contributed by atoms with Gasteiger partial charge in [-0.15, -0.1) is 0 Å². The molecule has 5 nitrogen and oxygen atoms in total. The van der Waals surface area contributed by atoms with Gasteiger partial charge in [-0.3, -0.25) is 0 Å². The molecule has 0 aliphatic rings. The van der Waals surface area contributed by atoms with Crippen LogP contribution in [0, 0.1) is 0 Å². The summed E-state index contributed by atoms with van der Waals surface area (Å²) in [5.41, 5.74) is 21.6. The van der Waals surface area contributed by atoms with Crippen LogP contribution in [0.2, 0.25) is 0 Å². The smallest absolute Gasteiger partial charge is 0.214 e. The Kier molecular flexibility index (Phi) is 11.0. The van der Waals surface area contributed by atoms with Gasteiger partial charge in [-0.1, -0.05) is 72.8 Å². The van der Waals surface area contributed by atoms with E-state index in [0.29, 0.717) is 0 Å². The van der Waals surface area contributed by atoms with Crippen LogP contribution in [0.15, 0.2) is 122 Å². The average Bonchev–Trinajstić information content (AvgIpc) is 2.97. The van der Waals surface area contributed by atoms with Gasteiger partial charge in [0.2, 0.25) is 11.0 Å². The third-order valence-electron chi connectivity index (χ3n) is 7.37. The number of nitrogens with two attached hydrogens (primary N) is 2. The molecule has 0 spiro atoms. The summed E-state index contributed by atoms with van der Waals surface area (Å²) in [6, 6.07) is 38.6. The Morgan fingerprint density at radius 3 is 1.17 bits per heavy atom. The van der Waals surface area contributed by atoms with Gasteiger partial charge in [-0.2, -0.15) is 9.13 Å². The van der Waals surface area contributed by atoms with Crippen LogP contribution < -0.4 is 54.6 Å². The monoisotopic (exact) mass is 672 g/mol. The van der Waals surface area contributed by atoms with E-state index in [1.807, 2.05) is 24.3 Å². The molecule has 0 bridgehead atoms. The maximum atomic E-state index is 6.17. The summed E-state index contributed by atoms with van der Waals surface area (Å²) in [6.45, 7) is 1.65. The molecular formula is C34H34Br2N4O. The van der Waals surface area contributed by atoms with Crippen molar-refractivity contribution < 1.29 is 48.6 Å². The molecule has 2 aromatic heterocycles. The Balaban J connectivity index is 0.00000154. The maximum Gasteiger partial charge on any atom is 0.214 e. The highest BCUT2D eigenvalue weighted by Gasteiger charge is 2.13. The van der Waals surface area contributed by atoms with Gasteiger partial charge < -0.3 is 50.9 Å². The van der Waals surface area contributed by atoms with Gasteiger partial charge in [-0.05, 0) is 36.1 Å². The number of nitrogens with zero attached hydrogens (tertiary/aromatic N) is 2. The number of aromatic nitrogens is 2. The average molecular weight is 674 g/mol.